The first-order chi connectivity index (χ1) is 11.4. The molecule has 1 aliphatic rings. The highest BCUT2D eigenvalue weighted by Crippen LogP contribution is 2.21. The number of carbonyl (C=O) groups is 1. The minimum atomic E-state index is -0.171. The van der Waals surface area contributed by atoms with Crippen molar-refractivity contribution in [2.75, 3.05) is 24.6 Å². The summed E-state index contributed by atoms with van der Waals surface area (Å²) in [7, 11) is 0. The fraction of sp³-hybridized carbons (Fsp3) is 0.722. The highest BCUT2D eigenvalue weighted by Gasteiger charge is 2.29. The number of nitrogens with zero attached hydrogens (tertiary/aromatic N) is 3. The first-order valence-electron chi connectivity index (χ1n) is 8.93. The predicted molar refractivity (Wildman–Crippen MR) is 94.9 cm³/mol. The van der Waals surface area contributed by atoms with Gasteiger partial charge in [-0.25, -0.2) is 9.97 Å². The molecular weight excluding hydrogens is 304 g/mol. The molecule has 2 heterocycles. The Labute approximate surface area is 144 Å². The van der Waals surface area contributed by atoms with E-state index in [2.05, 4.69) is 34.0 Å². The molecule has 1 aliphatic heterocycles. The highest BCUT2D eigenvalue weighted by molar-refractivity contribution is 5.79. The smallest absolute Gasteiger partial charge is 0.225 e. The average molecular weight is 334 g/mol. The van der Waals surface area contributed by atoms with Gasteiger partial charge < -0.3 is 15.3 Å². The summed E-state index contributed by atoms with van der Waals surface area (Å²) >= 11 is 0. The van der Waals surface area contributed by atoms with Gasteiger partial charge >= 0.3 is 0 Å². The van der Waals surface area contributed by atoms with Gasteiger partial charge in [0.1, 0.15) is 0 Å². The van der Waals surface area contributed by atoms with Gasteiger partial charge in [-0.05, 0) is 38.7 Å². The van der Waals surface area contributed by atoms with Crippen LogP contribution in [0.4, 0.5) is 5.95 Å². The number of amides is 1. The molecule has 6 nitrogen and oxygen atoms in total. The lowest BCUT2D eigenvalue weighted by Crippen LogP contribution is -2.49. The first-order valence-corrected chi connectivity index (χ1v) is 8.93. The van der Waals surface area contributed by atoms with Crippen LogP contribution in [0.25, 0.3) is 0 Å². The maximum absolute atomic E-state index is 12.6. The third kappa shape index (κ3) is 4.66. The molecule has 1 aromatic heterocycles. The van der Waals surface area contributed by atoms with E-state index in [4.69, 9.17) is 0 Å². The van der Waals surface area contributed by atoms with Crippen LogP contribution in [0.15, 0.2) is 6.07 Å². The lowest BCUT2D eigenvalue weighted by Gasteiger charge is -2.33. The lowest BCUT2D eigenvalue weighted by molar-refractivity contribution is -0.126. The van der Waals surface area contributed by atoms with Gasteiger partial charge in [0.15, 0.2) is 0 Å². The van der Waals surface area contributed by atoms with E-state index in [0.717, 1.165) is 37.2 Å². The molecular formula is C18H30N4O2. The summed E-state index contributed by atoms with van der Waals surface area (Å²) < 4.78 is 0. The van der Waals surface area contributed by atoms with Crippen LogP contribution in [0.2, 0.25) is 0 Å². The summed E-state index contributed by atoms with van der Waals surface area (Å²) in [4.78, 5) is 23.7. The fourth-order valence-corrected chi connectivity index (χ4v) is 3.17. The van der Waals surface area contributed by atoms with Gasteiger partial charge in [0, 0.05) is 24.5 Å². The molecule has 0 saturated carbocycles. The average Bonchev–Trinajstić information content (AvgIpc) is 2.58. The largest absolute Gasteiger partial charge is 0.394 e. The Morgan fingerprint density at radius 3 is 2.67 bits per heavy atom. The lowest BCUT2D eigenvalue weighted by atomic mass is 9.95. The molecule has 0 radical (unpaired) electrons. The van der Waals surface area contributed by atoms with E-state index >= 15 is 0 Å². The van der Waals surface area contributed by atoms with Crippen LogP contribution in [0.5, 0.6) is 0 Å². The standard InChI is InChI=1S/C18H30N4O2/c1-5-12(2)16(11-23)21-17(24)15-7-6-8-22(10-15)18-19-13(3)9-14(4)20-18/h9,12,15-16,23H,5-8,10-11H2,1-4H3,(H,21,24)/t12-,15+,16-/m0/s1. The zero-order chi connectivity index (χ0) is 17.7. The van der Waals surface area contributed by atoms with E-state index in [1.807, 2.05) is 19.9 Å². The zero-order valence-corrected chi connectivity index (χ0v) is 15.2. The number of aryl methyl sites for hydroxylation is 2. The molecule has 6 heteroatoms. The van der Waals surface area contributed by atoms with Gasteiger partial charge in [-0.15, -0.1) is 0 Å². The summed E-state index contributed by atoms with van der Waals surface area (Å²) in [6.07, 6.45) is 2.74. The van der Waals surface area contributed by atoms with Crippen LogP contribution in [0, 0.1) is 25.7 Å². The minimum Gasteiger partial charge on any atom is -0.394 e. The van der Waals surface area contributed by atoms with E-state index in [9.17, 15) is 9.90 Å². The molecule has 3 atom stereocenters. The number of anilines is 1. The molecule has 24 heavy (non-hydrogen) atoms. The first kappa shape index (κ1) is 18.6. The van der Waals surface area contributed by atoms with E-state index in [1.54, 1.807) is 0 Å². The number of hydrogen-bond donors (Lipinski definition) is 2. The van der Waals surface area contributed by atoms with Crippen molar-refractivity contribution in [3.8, 4) is 0 Å². The van der Waals surface area contributed by atoms with Crippen molar-refractivity contribution < 1.29 is 9.90 Å². The Kier molecular flexibility index (Phi) is 6.54. The Hall–Kier alpha value is -1.69. The molecule has 1 amide bonds. The number of nitrogens with one attached hydrogen (secondary N) is 1. The van der Waals surface area contributed by atoms with Crippen molar-refractivity contribution in [2.45, 2.75) is 53.0 Å². The van der Waals surface area contributed by atoms with Crippen LogP contribution in [0.1, 0.15) is 44.5 Å². The highest BCUT2D eigenvalue weighted by atomic mass is 16.3. The van der Waals surface area contributed by atoms with Crippen molar-refractivity contribution in [2.24, 2.45) is 11.8 Å². The molecule has 0 unspecified atom stereocenters. The number of carbonyl (C=O) groups excluding carboxylic acids is 1. The normalized spacial score (nSPS) is 20.5. The Morgan fingerprint density at radius 1 is 1.42 bits per heavy atom. The molecule has 0 spiro atoms. The van der Waals surface area contributed by atoms with Gasteiger partial charge in [0.2, 0.25) is 11.9 Å². The summed E-state index contributed by atoms with van der Waals surface area (Å²) in [5.74, 6) is 0.928. The van der Waals surface area contributed by atoms with Crippen LogP contribution < -0.4 is 10.2 Å². The number of piperidine rings is 1. The van der Waals surface area contributed by atoms with Gasteiger partial charge in [-0.3, -0.25) is 4.79 Å². The van der Waals surface area contributed by atoms with E-state index in [-0.39, 0.29) is 30.4 Å². The van der Waals surface area contributed by atoms with Crippen molar-refractivity contribution in [1.82, 2.24) is 15.3 Å². The van der Waals surface area contributed by atoms with E-state index < -0.39 is 0 Å². The number of hydrogen-bond acceptors (Lipinski definition) is 5. The third-order valence-electron chi connectivity index (χ3n) is 4.90. The topological polar surface area (TPSA) is 78.4 Å². The van der Waals surface area contributed by atoms with Gasteiger partial charge in [0.05, 0.1) is 18.6 Å². The number of aromatic nitrogens is 2. The molecule has 1 saturated heterocycles. The monoisotopic (exact) mass is 334 g/mol. The number of aliphatic hydroxyl groups is 1. The molecule has 2 rings (SSSR count). The van der Waals surface area contributed by atoms with Gasteiger partial charge in [0.25, 0.3) is 0 Å². The SMILES string of the molecule is CC[C@H](C)[C@H](CO)NC(=O)[C@@H]1CCCN(c2nc(C)cc(C)n2)C1. The Morgan fingerprint density at radius 2 is 2.08 bits per heavy atom. The molecule has 1 fully saturated rings. The van der Waals surface area contributed by atoms with Crippen molar-refractivity contribution >= 4 is 11.9 Å². The zero-order valence-electron chi connectivity index (χ0n) is 15.2. The van der Waals surface area contributed by atoms with Crippen molar-refractivity contribution in [1.29, 1.82) is 0 Å². The van der Waals surface area contributed by atoms with Crippen LogP contribution in [-0.4, -0.2) is 46.7 Å². The summed E-state index contributed by atoms with van der Waals surface area (Å²) in [6, 6.07) is 1.78. The fourth-order valence-electron chi connectivity index (χ4n) is 3.17. The van der Waals surface area contributed by atoms with E-state index in [0.29, 0.717) is 12.5 Å². The summed E-state index contributed by atoms with van der Waals surface area (Å²) in [5.41, 5.74) is 1.89. The molecule has 1 aromatic rings. The maximum atomic E-state index is 12.6. The Bertz CT molecular complexity index is 544. The van der Waals surface area contributed by atoms with Gasteiger partial charge in [-0.1, -0.05) is 20.3 Å². The maximum Gasteiger partial charge on any atom is 0.225 e. The number of aliphatic hydroxyl groups excluding tert-OH is 1. The summed E-state index contributed by atoms with van der Waals surface area (Å²) in [6.45, 7) is 9.54. The van der Waals surface area contributed by atoms with Crippen molar-refractivity contribution in [3.05, 3.63) is 17.5 Å². The Balaban J connectivity index is 2.03. The quantitative estimate of drug-likeness (QED) is 0.830. The summed E-state index contributed by atoms with van der Waals surface area (Å²) in [5, 5.41) is 12.5. The van der Waals surface area contributed by atoms with Gasteiger partial charge in [-0.2, -0.15) is 0 Å². The third-order valence-corrected chi connectivity index (χ3v) is 4.90. The molecule has 0 aromatic carbocycles. The molecule has 134 valence electrons. The second-order valence-electron chi connectivity index (χ2n) is 6.92. The van der Waals surface area contributed by atoms with E-state index in [1.165, 1.54) is 0 Å². The molecule has 0 aliphatic carbocycles. The van der Waals surface area contributed by atoms with Crippen LogP contribution >= 0.6 is 0 Å². The predicted octanol–water partition coefficient (Wildman–Crippen LogP) is 1.83. The minimum absolute atomic E-state index is 0.0165. The second kappa shape index (κ2) is 8.42. The van der Waals surface area contributed by atoms with Crippen LogP contribution in [0.3, 0.4) is 0 Å². The molecule has 2 N–H and O–H groups in total. The number of rotatable bonds is 6. The van der Waals surface area contributed by atoms with Crippen LogP contribution in [-0.2, 0) is 4.79 Å². The second-order valence-corrected chi connectivity index (χ2v) is 6.92. The molecule has 0 bridgehead atoms. The van der Waals surface area contributed by atoms with Crippen molar-refractivity contribution in [3.63, 3.8) is 0 Å².